The fourth-order valence-electron chi connectivity index (χ4n) is 1.60. The number of carbonyl (C=O) groups is 1. The first-order valence-electron chi connectivity index (χ1n) is 6.01. The van der Waals surface area contributed by atoms with Crippen molar-refractivity contribution in [3.8, 4) is 0 Å². The first-order chi connectivity index (χ1) is 9.24. The molecule has 1 aromatic heterocycles. The highest BCUT2D eigenvalue weighted by atomic mass is 32.1. The van der Waals surface area contributed by atoms with E-state index in [-0.39, 0.29) is 11.8 Å². The van der Waals surface area contributed by atoms with Crippen molar-refractivity contribution in [3.63, 3.8) is 0 Å². The first kappa shape index (κ1) is 13.5. The van der Waals surface area contributed by atoms with E-state index in [1.165, 1.54) is 17.7 Å². The molecule has 1 aromatic carbocycles. The zero-order valence-corrected chi connectivity index (χ0v) is 11.2. The molecule has 0 spiro atoms. The third-order valence-corrected chi connectivity index (χ3v) is 3.38. The molecule has 0 atom stereocenters. The van der Waals surface area contributed by atoms with Crippen molar-refractivity contribution in [2.24, 2.45) is 0 Å². The maximum absolute atomic E-state index is 12.7. The van der Waals surface area contributed by atoms with Gasteiger partial charge in [-0.05, 0) is 46.5 Å². The number of rotatable bonds is 5. The number of thiophene rings is 1. The molecule has 5 heteroatoms. The fourth-order valence-corrected chi connectivity index (χ4v) is 2.31. The Bertz CT molecular complexity index is 511. The minimum Gasteiger partial charge on any atom is -0.338 e. The van der Waals surface area contributed by atoms with Gasteiger partial charge in [0, 0.05) is 13.1 Å². The number of hydrogen-bond donors (Lipinski definition) is 2. The van der Waals surface area contributed by atoms with Crippen LogP contribution in [0.1, 0.15) is 11.1 Å². The van der Waals surface area contributed by atoms with Crippen LogP contribution in [0.25, 0.3) is 0 Å². The van der Waals surface area contributed by atoms with E-state index >= 15 is 0 Å². The minimum atomic E-state index is -0.274. The van der Waals surface area contributed by atoms with Gasteiger partial charge in [0.05, 0.1) is 0 Å². The van der Waals surface area contributed by atoms with Crippen molar-refractivity contribution < 1.29 is 9.18 Å². The number of hydrogen-bond acceptors (Lipinski definition) is 2. The molecular formula is C14H15FN2OS. The van der Waals surface area contributed by atoms with Crippen molar-refractivity contribution in [2.45, 2.75) is 13.0 Å². The molecule has 2 aromatic rings. The summed E-state index contributed by atoms with van der Waals surface area (Å²) in [6.07, 6.45) is 0.827. The summed E-state index contributed by atoms with van der Waals surface area (Å²) in [7, 11) is 0. The van der Waals surface area contributed by atoms with E-state index in [1.54, 1.807) is 23.5 Å². The normalized spacial score (nSPS) is 10.2. The summed E-state index contributed by atoms with van der Waals surface area (Å²) in [6, 6.07) is 7.90. The molecule has 0 fully saturated rings. The lowest BCUT2D eigenvalue weighted by atomic mass is 10.2. The maximum atomic E-state index is 12.7. The van der Waals surface area contributed by atoms with Gasteiger partial charge in [0.25, 0.3) is 0 Å². The molecule has 100 valence electrons. The third-order valence-electron chi connectivity index (χ3n) is 2.65. The van der Waals surface area contributed by atoms with Gasteiger partial charge >= 0.3 is 6.03 Å². The Morgan fingerprint density at radius 3 is 2.58 bits per heavy atom. The van der Waals surface area contributed by atoms with E-state index in [1.807, 2.05) is 11.4 Å². The number of nitrogens with one attached hydrogen (secondary N) is 2. The number of urea groups is 1. The quantitative estimate of drug-likeness (QED) is 0.867. The van der Waals surface area contributed by atoms with E-state index in [2.05, 4.69) is 16.0 Å². The molecule has 2 N–H and O–H groups in total. The van der Waals surface area contributed by atoms with Crippen molar-refractivity contribution in [1.82, 2.24) is 10.6 Å². The first-order valence-corrected chi connectivity index (χ1v) is 6.95. The Balaban J connectivity index is 1.65. The molecule has 3 nitrogen and oxygen atoms in total. The van der Waals surface area contributed by atoms with E-state index in [0.29, 0.717) is 13.1 Å². The summed E-state index contributed by atoms with van der Waals surface area (Å²) >= 11 is 1.65. The Kier molecular flexibility index (Phi) is 4.92. The van der Waals surface area contributed by atoms with Crippen LogP contribution >= 0.6 is 11.3 Å². The summed E-state index contributed by atoms with van der Waals surface area (Å²) < 4.78 is 12.7. The number of halogens is 1. The number of amides is 2. The predicted molar refractivity (Wildman–Crippen MR) is 74.7 cm³/mol. The van der Waals surface area contributed by atoms with Crippen LogP contribution in [-0.4, -0.2) is 12.6 Å². The molecule has 2 rings (SSSR count). The summed E-state index contributed by atoms with van der Waals surface area (Å²) in [5.74, 6) is -0.274. The summed E-state index contributed by atoms with van der Waals surface area (Å²) in [4.78, 5) is 11.5. The molecule has 0 saturated carbocycles. The van der Waals surface area contributed by atoms with E-state index in [0.717, 1.165) is 12.0 Å². The smallest absolute Gasteiger partial charge is 0.315 e. The summed E-state index contributed by atoms with van der Waals surface area (Å²) in [6.45, 7) is 0.997. The highest BCUT2D eigenvalue weighted by Gasteiger charge is 2.00. The van der Waals surface area contributed by atoms with Crippen LogP contribution in [0.15, 0.2) is 41.1 Å². The van der Waals surface area contributed by atoms with Gasteiger partial charge in [-0.1, -0.05) is 12.1 Å². The molecule has 0 aliphatic heterocycles. The zero-order chi connectivity index (χ0) is 13.5. The average molecular weight is 278 g/mol. The lowest BCUT2D eigenvalue weighted by Gasteiger charge is -2.07. The molecule has 0 bridgehead atoms. The highest BCUT2D eigenvalue weighted by Crippen LogP contribution is 2.05. The largest absolute Gasteiger partial charge is 0.338 e. The molecule has 0 radical (unpaired) electrons. The summed E-state index contributed by atoms with van der Waals surface area (Å²) in [5, 5.41) is 9.60. The molecule has 2 amide bonds. The lowest BCUT2D eigenvalue weighted by Crippen LogP contribution is -2.36. The molecule has 19 heavy (non-hydrogen) atoms. The van der Waals surface area contributed by atoms with Crippen LogP contribution in [-0.2, 0) is 13.0 Å². The van der Waals surface area contributed by atoms with Gasteiger partial charge in [-0.2, -0.15) is 11.3 Å². The molecule has 0 aliphatic rings. The maximum Gasteiger partial charge on any atom is 0.315 e. The van der Waals surface area contributed by atoms with Crippen LogP contribution in [0.4, 0.5) is 9.18 Å². The van der Waals surface area contributed by atoms with Crippen molar-refractivity contribution >= 4 is 17.4 Å². The van der Waals surface area contributed by atoms with Crippen LogP contribution in [0.5, 0.6) is 0 Å². The van der Waals surface area contributed by atoms with E-state index in [9.17, 15) is 9.18 Å². The lowest BCUT2D eigenvalue weighted by molar-refractivity contribution is 0.240. The van der Waals surface area contributed by atoms with Crippen LogP contribution in [0.3, 0.4) is 0 Å². The second-order valence-corrected chi connectivity index (χ2v) is 4.90. The molecule has 1 heterocycles. The van der Waals surface area contributed by atoms with Gasteiger partial charge in [-0.15, -0.1) is 0 Å². The highest BCUT2D eigenvalue weighted by molar-refractivity contribution is 7.07. The van der Waals surface area contributed by atoms with Crippen LogP contribution < -0.4 is 10.6 Å². The van der Waals surface area contributed by atoms with Gasteiger partial charge in [0.1, 0.15) is 5.82 Å². The number of carbonyl (C=O) groups excluding carboxylic acids is 1. The molecule has 0 saturated heterocycles. The van der Waals surface area contributed by atoms with Gasteiger partial charge in [0.15, 0.2) is 0 Å². The Labute approximate surface area is 115 Å². The van der Waals surface area contributed by atoms with Crippen molar-refractivity contribution in [2.75, 3.05) is 6.54 Å². The van der Waals surface area contributed by atoms with Gasteiger partial charge in [0.2, 0.25) is 0 Å². The van der Waals surface area contributed by atoms with Gasteiger partial charge in [-0.25, -0.2) is 9.18 Å². The summed E-state index contributed by atoms with van der Waals surface area (Å²) in [5.41, 5.74) is 2.10. The number of benzene rings is 1. The monoisotopic (exact) mass is 278 g/mol. The molecule has 0 unspecified atom stereocenters. The van der Waals surface area contributed by atoms with Gasteiger partial charge in [-0.3, -0.25) is 0 Å². The second kappa shape index (κ2) is 6.89. The van der Waals surface area contributed by atoms with Crippen LogP contribution in [0.2, 0.25) is 0 Å². The Morgan fingerprint density at radius 2 is 1.89 bits per heavy atom. The molecule has 0 aliphatic carbocycles. The third kappa shape index (κ3) is 4.71. The van der Waals surface area contributed by atoms with Crippen molar-refractivity contribution in [3.05, 3.63) is 58.0 Å². The second-order valence-electron chi connectivity index (χ2n) is 4.12. The Morgan fingerprint density at radius 1 is 1.11 bits per heavy atom. The minimum absolute atomic E-state index is 0.209. The SMILES string of the molecule is O=C(NCCc1ccsc1)NCc1ccc(F)cc1. The topological polar surface area (TPSA) is 41.1 Å². The van der Waals surface area contributed by atoms with Crippen molar-refractivity contribution in [1.29, 1.82) is 0 Å². The van der Waals surface area contributed by atoms with Gasteiger partial charge < -0.3 is 10.6 Å². The predicted octanol–water partition coefficient (Wildman–Crippen LogP) is 2.93. The van der Waals surface area contributed by atoms with Crippen LogP contribution in [0, 0.1) is 5.82 Å². The standard InChI is InChI=1S/C14H15FN2OS/c15-13-3-1-11(2-4-13)9-17-14(18)16-7-5-12-6-8-19-10-12/h1-4,6,8,10H,5,7,9H2,(H2,16,17,18). The average Bonchev–Trinajstić information content (AvgIpc) is 2.91. The Hall–Kier alpha value is -1.88. The van der Waals surface area contributed by atoms with E-state index in [4.69, 9.17) is 0 Å². The fraction of sp³-hybridized carbons (Fsp3) is 0.214. The zero-order valence-electron chi connectivity index (χ0n) is 10.4. The molecular weight excluding hydrogens is 263 g/mol. The van der Waals surface area contributed by atoms with E-state index < -0.39 is 0 Å².